The lowest BCUT2D eigenvalue weighted by Gasteiger charge is -2.28. The van der Waals surface area contributed by atoms with Crippen LogP contribution in [0.1, 0.15) is 13.8 Å². The molecule has 0 amide bonds. The quantitative estimate of drug-likeness (QED) is 0.740. The highest BCUT2D eigenvalue weighted by Gasteiger charge is 2.34. The molecule has 106 valence electrons. The molecule has 0 N–H and O–H groups in total. The van der Waals surface area contributed by atoms with Gasteiger partial charge in [0.15, 0.2) is 5.78 Å². The number of ketones is 1. The second-order valence-corrected chi connectivity index (χ2v) is 7.24. The van der Waals surface area contributed by atoms with E-state index in [0.717, 1.165) is 17.1 Å². The maximum Gasteiger partial charge on any atom is 0.169 e. The predicted octanol–water partition coefficient (Wildman–Crippen LogP) is 4.60. The van der Waals surface area contributed by atoms with Gasteiger partial charge in [-0.3, -0.25) is 4.79 Å². The first kappa shape index (κ1) is 15.5. The molecule has 0 heterocycles. The average Bonchev–Trinajstić information content (AvgIpc) is 2.44. The molecular formula is C17H20OS2. The summed E-state index contributed by atoms with van der Waals surface area (Å²) in [5, 5.41) is 0. The summed E-state index contributed by atoms with van der Waals surface area (Å²) >= 11 is 3.55. The molecule has 1 unspecified atom stereocenters. The van der Waals surface area contributed by atoms with Crippen LogP contribution in [0.5, 0.6) is 0 Å². The van der Waals surface area contributed by atoms with Crippen LogP contribution >= 0.6 is 23.5 Å². The van der Waals surface area contributed by atoms with Crippen molar-refractivity contribution in [3.63, 3.8) is 0 Å². The fourth-order valence-corrected chi connectivity index (χ4v) is 4.15. The minimum Gasteiger partial charge on any atom is -0.294 e. The zero-order valence-electron chi connectivity index (χ0n) is 12.2. The Kier molecular flexibility index (Phi) is 5.17. The topological polar surface area (TPSA) is 17.1 Å². The monoisotopic (exact) mass is 304 g/mol. The largest absolute Gasteiger partial charge is 0.294 e. The normalized spacial score (nSPS) is 22.4. The van der Waals surface area contributed by atoms with E-state index in [9.17, 15) is 4.79 Å². The Morgan fingerprint density at radius 3 is 2.55 bits per heavy atom. The van der Waals surface area contributed by atoms with Crippen LogP contribution < -0.4 is 0 Å². The molecule has 3 heteroatoms. The maximum absolute atomic E-state index is 12.3. The molecule has 0 radical (unpaired) electrons. The number of thioether (sulfide) groups is 2. The smallest absolute Gasteiger partial charge is 0.169 e. The molecule has 20 heavy (non-hydrogen) atoms. The highest BCUT2D eigenvalue weighted by molar-refractivity contribution is 7.99. The number of rotatable bonds is 5. The molecule has 0 saturated carbocycles. The maximum atomic E-state index is 12.3. The zero-order chi connectivity index (χ0) is 14.6. The molecule has 1 aromatic rings. The van der Waals surface area contributed by atoms with E-state index in [1.807, 2.05) is 30.8 Å². The van der Waals surface area contributed by atoms with E-state index in [-0.39, 0.29) is 11.2 Å². The van der Waals surface area contributed by atoms with Gasteiger partial charge in [-0.25, -0.2) is 0 Å². The third-order valence-corrected chi connectivity index (χ3v) is 5.35. The minimum atomic E-state index is -0.342. The summed E-state index contributed by atoms with van der Waals surface area (Å²) < 4.78 is 0. The highest BCUT2D eigenvalue weighted by Crippen LogP contribution is 2.35. The van der Waals surface area contributed by atoms with Crippen LogP contribution in [0.25, 0.3) is 0 Å². The molecular weight excluding hydrogens is 284 g/mol. The Labute approximate surface area is 129 Å². The average molecular weight is 304 g/mol. The SMILES string of the molecule is CSCC1(C)C=C(CSc2ccccc2)C=C(C)C1=O. The molecule has 1 atom stereocenters. The highest BCUT2D eigenvalue weighted by atomic mass is 32.2. The van der Waals surface area contributed by atoms with Crippen molar-refractivity contribution >= 4 is 29.3 Å². The van der Waals surface area contributed by atoms with Crippen LogP contribution in [0.15, 0.2) is 58.5 Å². The lowest BCUT2D eigenvalue weighted by molar-refractivity contribution is -0.121. The first-order valence-electron chi connectivity index (χ1n) is 6.67. The second kappa shape index (κ2) is 6.68. The fourth-order valence-electron chi connectivity index (χ4n) is 2.48. The van der Waals surface area contributed by atoms with Crippen LogP contribution in [0.2, 0.25) is 0 Å². The third-order valence-electron chi connectivity index (χ3n) is 3.38. The van der Waals surface area contributed by atoms with E-state index in [1.165, 1.54) is 10.5 Å². The number of benzene rings is 1. The van der Waals surface area contributed by atoms with Gasteiger partial charge in [0.2, 0.25) is 0 Å². The van der Waals surface area contributed by atoms with E-state index in [0.29, 0.717) is 0 Å². The first-order chi connectivity index (χ1) is 9.55. The predicted molar refractivity (Wildman–Crippen MR) is 90.5 cm³/mol. The summed E-state index contributed by atoms with van der Waals surface area (Å²) in [4.78, 5) is 13.6. The summed E-state index contributed by atoms with van der Waals surface area (Å²) in [5.41, 5.74) is 1.80. The van der Waals surface area contributed by atoms with Crippen molar-refractivity contribution < 1.29 is 4.79 Å². The molecule has 1 aliphatic carbocycles. The molecule has 0 spiro atoms. The van der Waals surface area contributed by atoms with Gasteiger partial charge in [-0.1, -0.05) is 30.4 Å². The van der Waals surface area contributed by atoms with Gasteiger partial charge in [0, 0.05) is 16.4 Å². The number of hydrogen-bond acceptors (Lipinski definition) is 3. The lowest BCUT2D eigenvalue weighted by Crippen LogP contribution is -2.32. The van der Waals surface area contributed by atoms with Gasteiger partial charge in [0.1, 0.15) is 0 Å². The van der Waals surface area contributed by atoms with E-state index in [2.05, 4.69) is 43.5 Å². The summed E-state index contributed by atoms with van der Waals surface area (Å²) in [6.07, 6.45) is 6.26. The molecule has 0 aliphatic heterocycles. The first-order valence-corrected chi connectivity index (χ1v) is 9.05. The van der Waals surface area contributed by atoms with Gasteiger partial charge in [-0.2, -0.15) is 11.8 Å². The van der Waals surface area contributed by atoms with Crippen molar-refractivity contribution in [1.82, 2.24) is 0 Å². The second-order valence-electron chi connectivity index (χ2n) is 5.33. The van der Waals surface area contributed by atoms with E-state index < -0.39 is 0 Å². The standard InChI is InChI=1S/C17H20OS2/c1-13-9-14(10-17(2,12-19-3)16(13)18)11-20-15-7-5-4-6-8-15/h4-10H,11-12H2,1-3H3. The van der Waals surface area contributed by atoms with Crippen LogP contribution in [0.4, 0.5) is 0 Å². The van der Waals surface area contributed by atoms with Crippen molar-refractivity contribution in [2.45, 2.75) is 18.7 Å². The summed E-state index contributed by atoms with van der Waals surface area (Å²) in [5.74, 6) is 2.02. The number of hydrogen-bond donors (Lipinski definition) is 0. The van der Waals surface area contributed by atoms with Crippen LogP contribution in [-0.4, -0.2) is 23.5 Å². The van der Waals surface area contributed by atoms with Crippen molar-refractivity contribution in [2.75, 3.05) is 17.8 Å². The number of carbonyl (C=O) groups is 1. The van der Waals surface area contributed by atoms with Gasteiger partial charge in [0.05, 0.1) is 5.41 Å². The number of allylic oxidation sites excluding steroid dienone is 3. The Morgan fingerprint density at radius 2 is 1.90 bits per heavy atom. The van der Waals surface area contributed by atoms with Gasteiger partial charge >= 0.3 is 0 Å². The molecule has 0 aromatic heterocycles. The van der Waals surface area contributed by atoms with Crippen LogP contribution in [0.3, 0.4) is 0 Å². The van der Waals surface area contributed by atoms with Gasteiger partial charge in [0.25, 0.3) is 0 Å². The Hall–Kier alpha value is -0.930. The summed E-state index contributed by atoms with van der Waals surface area (Å²) in [6, 6.07) is 10.4. The van der Waals surface area contributed by atoms with E-state index in [4.69, 9.17) is 0 Å². The molecule has 1 aliphatic rings. The molecule has 0 bridgehead atoms. The summed E-state index contributed by atoms with van der Waals surface area (Å²) in [7, 11) is 0. The molecule has 0 fully saturated rings. The fraction of sp³-hybridized carbons (Fsp3) is 0.353. The van der Waals surface area contributed by atoms with Crippen LogP contribution in [0, 0.1) is 5.41 Å². The van der Waals surface area contributed by atoms with E-state index >= 15 is 0 Å². The molecule has 1 nitrogen and oxygen atoms in total. The Morgan fingerprint density at radius 1 is 1.20 bits per heavy atom. The van der Waals surface area contributed by atoms with Crippen molar-refractivity contribution in [3.05, 3.63) is 53.6 Å². The Balaban J connectivity index is 2.12. The number of Topliss-reactive ketones (excluding diaryl/α,β-unsaturated/α-hetero) is 1. The van der Waals surface area contributed by atoms with Crippen molar-refractivity contribution in [3.8, 4) is 0 Å². The van der Waals surface area contributed by atoms with Gasteiger partial charge < -0.3 is 0 Å². The van der Waals surface area contributed by atoms with Crippen molar-refractivity contribution in [2.24, 2.45) is 5.41 Å². The third kappa shape index (κ3) is 3.58. The Bertz CT molecular complexity index is 545. The van der Waals surface area contributed by atoms with Crippen LogP contribution in [-0.2, 0) is 4.79 Å². The minimum absolute atomic E-state index is 0.264. The lowest BCUT2D eigenvalue weighted by atomic mass is 9.79. The molecule has 2 rings (SSSR count). The summed E-state index contributed by atoms with van der Waals surface area (Å²) in [6.45, 7) is 3.98. The zero-order valence-corrected chi connectivity index (χ0v) is 13.8. The van der Waals surface area contributed by atoms with Gasteiger partial charge in [-0.05, 0) is 43.4 Å². The van der Waals surface area contributed by atoms with E-state index in [1.54, 1.807) is 11.8 Å². The van der Waals surface area contributed by atoms with Gasteiger partial charge in [-0.15, -0.1) is 11.8 Å². The molecule has 1 aromatic carbocycles. The molecule has 0 saturated heterocycles. The number of carbonyl (C=O) groups excluding carboxylic acids is 1. The van der Waals surface area contributed by atoms with Crippen molar-refractivity contribution in [1.29, 1.82) is 0 Å².